The van der Waals surface area contributed by atoms with E-state index < -0.39 is 36.0 Å². The average Bonchev–Trinajstić information content (AvgIpc) is 2.97. The number of aliphatic hydroxyl groups excluding tert-OH is 1. The first-order valence-electron chi connectivity index (χ1n) is 9.80. The minimum absolute atomic E-state index is 0.0635. The number of ether oxygens (including phenoxy) is 3. The summed E-state index contributed by atoms with van der Waals surface area (Å²) < 4.78 is 16.1. The largest absolute Gasteiger partial charge is 0.466 e. The van der Waals surface area contributed by atoms with Gasteiger partial charge in [-0.2, -0.15) is 0 Å². The summed E-state index contributed by atoms with van der Waals surface area (Å²) in [6.45, 7) is 7.43. The van der Waals surface area contributed by atoms with E-state index in [0.717, 1.165) is 0 Å². The summed E-state index contributed by atoms with van der Waals surface area (Å²) >= 11 is 0. The molecule has 0 aromatic rings. The quantitative estimate of drug-likeness (QED) is 0.434. The summed E-state index contributed by atoms with van der Waals surface area (Å²) in [6.07, 6.45) is 2.83. The molecule has 1 unspecified atom stereocenters. The number of aliphatic hydroxyl groups is 1. The van der Waals surface area contributed by atoms with Gasteiger partial charge < -0.3 is 19.3 Å². The van der Waals surface area contributed by atoms with Crippen LogP contribution in [-0.2, 0) is 28.6 Å². The number of rotatable bonds is 5. The van der Waals surface area contributed by atoms with Gasteiger partial charge in [0, 0.05) is 24.2 Å². The summed E-state index contributed by atoms with van der Waals surface area (Å²) in [6, 6.07) is 0. The van der Waals surface area contributed by atoms with Gasteiger partial charge in [-0.3, -0.25) is 4.79 Å². The molecule has 0 bridgehead atoms. The van der Waals surface area contributed by atoms with Gasteiger partial charge in [0.1, 0.15) is 12.2 Å². The van der Waals surface area contributed by atoms with E-state index in [0.29, 0.717) is 31.3 Å². The van der Waals surface area contributed by atoms with Crippen LogP contribution in [0.2, 0.25) is 0 Å². The fraction of sp³-hybridized carbons (Fsp3) is 0.667. The molecular weight excluding hydrogens is 364 g/mol. The van der Waals surface area contributed by atoms with Gasteiger partial charge >= 0.3 is 17.9 Å². The molecule has 0 spiro atoms. The van der Waals surface area contributed by atoms with Gasteiger partial charge in [-0.25, -0.2) is 9.59 Å². The molecule has 0 amide bonds. The summed E-state index contributed by atoms with van der Waals surface area (Å²) in [5, 5.41) is 9.70. The molecule has 1 heterocycles. The van der Waals surface area contributed by atoms with Crippen molar-refractivity contribution in [2.45, 2.75) is 58.2 Å². The fourth-order valence-electron chi connectivity index (χ4n) is 3.68. The number of hydrogen-bond donors (Lipinski definition) is 1. The average molecular weight is 394 g/mol. The Hall–Kier alpha value is -2.15. The van der Waals surface area contributed by atoms with Crippen LogP contribution in [0.5, 0.6) is 0 Å². The second-order valence-corrected chi connectivity index (χ2v) is 7.57. The maximum atomic E-state index is 12.5. The molecule has 1 fully saturated rings. The maximum Gasteiger partial charge on any atom is 0.334 e. The zero-order chi connectivity index (χ0) is 20.8. The second kappa shape index (κ2) is 9.87. The van der Waals surface area contributed by atoms with Crippen molar-refractivity contribution < 1.29 is 33.7 Å². The number of hydrogen-bond acceptors (Lipinski definition) is 7. The molecular formula is C21H30O7. The van der Waals surface area contributed by atoms with E-state index in [2.05, 4.69) is 6.58 Å². The molecule has 1 aliphatic heterocycles. The first kappa shape index (κ1) is 22.1. The molecule has 7 heteroatoms. The van der Waals surface area contributed by atoms with E-state index in [4.69, 9.17) is 14.2 Å². The predicted molar refractivity (Wildman–Crippen MR) is 101 cm³/mol. The van der Waals surface area contributed by atoms with Crippen LogP contribution < -0.4 is 0 Å². The summed E-state index contributed by atoms with van der Waals surface area (Å²) in [5.41, 5.74) is 0.613. The van der Waals surface area contributed by atoms with E-state index in [1.54, 1.807) is 13.0 Å². The number of fused-ring (bicyclic) bond motifs is 1. The smallest absolute Gasteiger partial charge is 0.334 e. The standard InChI is InChI=1S/C21H30O7/c1-5-12(2)19(23)27-17-10-15(21(25)26-4)8-6-7-14(11-22)9-16-18(17)13(3)20(24)28-16/h8,12,14,16-18,22H,3,5-7,9-11H2,1-2,4H3/b15-8+/t12-,14+,16-,17?,18+/m1/s1. The zero-order valence-electron chi connectivity index (χ0n) is 16.8. The van der Waals surface area contributed by atoms with Crippen molar-refractivity contribution in [3.63, 3.8) is 0 Å². The predicted octanol–water partition coefficient (Wildman–Crippen LogP) is 2.32. The molecule has 5 atom stereocenters. The molecule has 28 heavy (non-hydrogen) atoms. The third kappa shape index (κ3) is 5.01. The van der Waals surface area contributed by atoms with Crippen LogP contribution in [0, 0.1) is 17.8 Å². The molecule has 2 rings (SSSR count). The van der Waals surface area contributed by atoms with Crippen molar-refractivity contribution in [2.24, 2.45) is 17.8 Å². The molecule has 0 radical (unpaired) electrons. The van der Waals surface area contributed by atoms with Crippen molar-refractivity contribution in [2.75, 3.05) is 13.7 Å². The van der Waals surface area contributed by atoms with Crippen LogP contribution in [0.1, 0.15) is 46.0 Å². The van der Waals surface area contributed by atoms with Crippen molar-refractivity contribution >= 4 is 17.9 Å². The summed E-state index contributed by atoms with van der Waals surface area (Å²) in [7, 11) is 1.29. The minimum atomic E-state index is -0.770. The van der Waals surface area contributed by atoms with Crippen LogP contribution >= 0.6 is 0 Å². The highest BCUT2D eigenvalue weighted by molar-refractivity contribution is 5.91. The first-order chi connectivity index (χ1) is 13.3. The summed E-state index contributed by atoms with van der Waals surface area (Å²) in [5.74, 6) is -2.41. The summed E-state index contributed by atoms with van der Waals surface area (Å²) in [4.78, 5) is 36.9. The Morgan fingerprint density at radius 1 is 1.43 bits per heavy atom. The van der Waals surface area contributed by atoms with E-state index in [1.807, 2.05) is 6.92 Å². The number of esters is 3. The lowest BCUT2D eigenvalue weighted by Gasteiger charge is -2.30. The van der Waals surface area contributed by atoms with Crippen LogP contribution in [0.4, 0.5) is 0 Å². The molecule has 0 saturated carbocycles. The third-order valence-corrected chi connectivity index (χ3v) is 5.66. The van der Waals surface area contributed by atoms with E-state index in [-0.39, 0.29) is 30.4 Å². The molecule has 0 aromatic heterocycles. The highest BCUT2D eigenvalue weighted by Gasteiger charge is 2.46. The first-order valence-corrected chi connectivity index (χ1v) is 9.80. The second-order valence-electron chi connectivity index (χ2n) is 7.57. The van der Waals surface area contributed by atoms with E-state index in [1.165, 1.54) is 7.11 Å². The highest BCUT2D eigenvalue weighted by atomic mass is 16.6. The maximum absolute atomic E-state index is 12.5. The number of carbonyl (C=O) groups excluding carboxylic acids is 3. The van der Waals surface area contributed by atoms with Gasteiger partial charge in [0.15, 0.2) is 0 Å². The normalized spacial score (nSPS) is 31.1. The Kier molecular flexibility index (Phi) is 7.80. The molecule has 0 aromatic carbocycles. The van der Waals surface area contributed by atoms with E-state index in [9.17, 15) is 19.5 Å². The van der Waals surface area contributed by atoms with Crippen LogP contribution in [0.3, 0.4) is 0 Å². The Bertz CT molecular complexity index is 651. The monoisotopic (exact) mass is 394 g/mol. The van der Waals surface area contributed by atoms with Gasteiger partial charge in [0.2, 0.25) is 0 Å². The van der Waals surface area contributed by atoms with Gasteiger partial charge in [-0.05, 0) is 31.6 Å². The van der Waals surface area contributed by atoms with Gasteiger partial charge in [-0.15, -0.1) is 0 Å². The van der Waals surface area contributed by atoms with Crippen molar-refractivity contribution in [3.8, 4) is 0 Å². The van der Waals surface area contributed by atoms with Crippen LogP contribution in [-0.4, -0.2) is 48.9 Å². The van der Waals surface area contributed by atoms with Crippen LogP contribution in [0.25, 0.3) is 0 Å². The SMILES string of the molecule is C=C1C(=O)O[C@@H]2C[C@@H](CO)CC/C=C(/C(=O)OC)CC(OC(=O)[C@H](C)CC)[C@@H]12. The fourth-order valence-corrected chi connectivity index (χ4v) is 3.68. The van der Waals surface area contributed by atoms with Gasteiger partial charge in [-0.1, -0.05) is 26.5 Å². The lowest BCUT2D eigenvalue weighted by molar-refractivity contribution is -0.158. The Balaban J connectivity index is 2.42. The Labute approximate surface area is 165 Å². The van der Waals surface area contributed by atoms with Crippen molar-refractivity contribution in [1.82, 2.24) is 0 Å². The van der Waals surface area contributed by atoms with Gasteiger partial charge in [0.05, 0.1) is 18.9 Å². The van der Waals surface area contributed by atoms with E-state index >= 15 is 0 Å². The zero-order valence-corrected chi connectivity index (χ0v) is 16.8. The highest BCUT2D eigenvalue weighted by Crippen LogP contribution is 2.38. The molecule has 7 nitrogen and oxygen atoms in total. The Morgan fingerprint density at radius 2 is 2.14 bits per heavy atom. The topological polar surface area (TPSA) is 99.1 Å². The number of allylic oxidation sites excluding steroid dienone is 1. The molecule has 156 valence electrons. The third-order valence-electron chi connectivity index (χ3n) is 5.66. The van der Waals surface area contributed by atoms with Gasteiger partial charge in [0.25, 0.3) is 0 Å². The number of methoxy groups -OCH3 is 1. The minimum Gasteiger partial charge on any atom is -0.466 e. The Morgan fingerprint density at radius 3 is 2.75 bits per heavy atom. The van der Waals surface area contributed by atoms with Crippen molar-refractivity contribution in [1.29, 1.82) is 0 Å². The lowest BCUT2D eigenvalue weighted by Crippen LogP contribution is -2.37. The molecule has 1 saturated heterocycles. The molecule has 1 N–H and O–H groups in total. The molecule has 2 aliphatic rings. The van der Waals surface area contributed by atoms with Crippen LogP contribution in [0.15, 0.2) is 23.8 Å². The molecule has 1 aliphatic carbocycles. The number of carbonyl (C=O) groups is 3. The lowest BCUT2D eigenvalue weighted by atomic mass is 9.81. The van der Waals surface area contributed by atoms with Crippen molar-refractivity contribution in [3.05, 3.63) is 23.8 Å².